The lowest BCUT2D eigenvalue weighted by molar-refractivity contribution is 0.443. The minimum Gasteiger partial charge on any atom is -0.310 e. The van der Waals surface area contributed by atoms with E-state index >= 15 is 0 Å². The predicted molar refractivity (Wildman–Crippen MR) is 342 cm³/mol. The summed E-state index contributed by atoms with van der Waals surface area (Å²) in [6, 6.07) is 98.5. The highest BCUT2D eigenvalue weighted by Gasteiger charge is 2.37. The lowest BCUT2D eigenvalue weighted by Gasteiger charge is -2.31. The van der Waals surface area contributed by atoms with Gasteiger partial charge in [-0.25, -0.2) is 0 Å². The molecule has 11 aromatic rings. The third-order valence-electron chi connectivity index (χ3n) is 18.1. The summed E-state index contributed by atoms with van der Waals surface area (Å²) < 4.78 is 0. The fraction of sp³-hybridized carbons (Fsp3) is 0.165. The van der Waals surface area contributed by atoms with Gasteiger partial charge in [0, 0.05) is 39.5 Å². The zero-order valence-corrected chi connectivity index (χ0v) is 46.7. The van der Waals surface area contributed by atoms with E-state index in [1.54, 1.807) is 0 Å². The Morgan fingerprint density at radius 2 is 0.778 bits per heavy atom. The molecule has 11 aromatic carbocycles. The number of rotatable bonds is 11. The SMILES string of the molecule is CC1(C)c2cc(-c3ccccc3)ccc2-c2ccc(N(c3ccc(-c4c(-c5ccccc5)cccc4-c4ccccc4)cc3)c3cc4ccc3CCc3ccc(c(N(c5ccccc5)c5ccc(C6CCCCC6)cc5)c3)CC4)cc21. The van der Waals surface area contributed by atoms with E-state index in [9.17, 15) is 0 Å². The maximum absolute atomic E-state index is 2.58. The summed E-state index contributed by atoms with van der Waals surface area (Å²) in [5.41, 5.74) is 29.1. The first-order chi connectivity index (χ1) is 39.9. The minimum absolute atomic E-state index is 0.216. The number of hydrogen-bond acceptors (Lipinski definition) is 2. The van der Waals surface area contributed by atoms with Crippen LogP contribution in [0.15, 0.2) is 261 Å². The predicted octanol–water partition coefficient (Wildman–Crippen LogP) is 21.5. The molecule has 0 N–H and O–H groups in total. The van der Waals surface area contributed by atoms with Crippen LogP contribution in [-0.4, -0.2) is 0 Å². The van der Waals surface area contributed by atoms with E-state index in [2.05, 4.69) is 285 Å². The molecule has 1 fully saturated rings. The van der Waals surface area contributed by atoms with Gasteiger partial charge in [0.15, 0.2) is 0 Å². The number of benzene rings is 11. The zero-order valence-electron chi connectivity index (χ0n) is 46.7. The molecule has 2 heteroatoms. The largest absolute Gasteiger partial charge is 0.310 e. The average Bonchev–Trinajstić information content (AvgIpc) is 4.05. The van der Waals surface area contributed by atoms with Crippen molar-refractivity contribution < 1.29 is 0 Å². The van der Waals surface area contributed by atoms with Gasteiger partial charge in [-0.2, -0.15) is 0 Å². The van der Waals surface area contributed by atoms with Crippen molar-refractivity contribution >= 4 is 34.1 Å². The van der Waals surface area contributed by atoms with Gasteiger partial charge in [-0.1, -0.05) is 227 Å². The fourth-order valence-corrected chi connectivity index (χ4v) is 13.7. The lowest BCUT2D eigenvalue weighted by atomic mass is 9.81. The van der Waals surface area contributed by atoms with Crippen molar-refractivity contribution in [1.29, 1.82) is 0 Å². The highest BCUT2D eigenvalue weighted by Crippen LogP contribution is 2.53. The molecule has 0 saturated heterocycles. The van der Waals surface area contributed by atoms with Gasteiger partial charge in [0.1, 0.15) is 0 Å². The van der Waals surface area contributed by atoms with E-state index in [4.69, 9.17) is 0 Å². The number of hydrogen-bond donors (Lipinski definition) is 0. The third-order valence-corrected chi connectivity index (χ3v) is 18.1. The smallest absolute Gasteiger partial charge is 0.0496 e. The third kappa shape index (κ3) is 9.67. The molecule has 0 unspecified atom stereocenters. The Balaban J connectivity index is 0.875. The lowest BCUT2D eigenvalue weighted by Crippen LogP contribution is -2.18. The molecule has 1 saturated carbocycles. The van der Waals surface area contributed by atoms with Crippen LogP contribution < -0.4 is 9.80 Å². The standard InChI is InChI=1S/C79H68N2/c1-79(2)74-53-65(58-21-10-4-11-22-58)43-49-72(74)73-50-48-69(54-75(73)79)81(68-46-41-64(42-47-68)78-70(60-23-12-5-13-24-60)29-18-30-71(78)61-25-14-6-15-26-61)77-52-56-32-36-62-35-31-55(33-37-63(77)38-34-56)51-76(62)80(66-27-16-7-17-28-66)67-44-39-59(40-45-67)57-19-8-3-9-20-57/h4-7,10-18,21-31,34-35,38-54,57H,3,8-9,19-20,32-33,36-37H2,1-2H3. The van der Waals surface area contributed by atoms with Crippen molar-refractivity contribution in [3.63, 3.8) is 0 Å². The number of nitrogens with zero attached hydrogens (tertiary/aromatic N) is 2. The first-order valence-electron chi connectivity index (χ1n) is 29.6. The molecule has 2 nitrogen and oxygen atoms in total. The second-order valence-electron chi connectivity index (χ2n) is 23.3. The van der Waals surface area contributed by atoms with Crippen LogP contribution in [0.5, 0.6) is 0 Å². The van der Waals surface area contributed by atoms with Gasteiger partial charge in [0.2, 0.25) is 0 Å². The topological polar surface area (TPSA) is 6.48 Å². The van der Waals surface area contributed by atoms with Crippen LogP contribution in [0.3, 0.4) is 0 Å². The minimum atomic E-state index is -0.216. The van der Waals surface area contributed by atoms with E-state index in [0.29, 0.717) is 5.92 Å². The van der Waals surface area contributed by atoms with Crippen molar-refractivity contribution in [2.75, 3.05) is 9.80 Å². The summed E-state index contributed by atoms with van der Waals surface area (Å²) >= 11 is 0. The second-order valence-corrected chi connectivity index (χ2v) is 23.3. The Morgan fingerprint density at radius 1 is 0.321 bits per heavy atom. The quantitative estimate of drug-likeness (QED) is 0.127. The van der Waals surface area contributed by atoms with Crippen LogP contribution in [0.25, 0.3) is 55.6 Å². The molecule has 0 heterocycles. The summed E-state index contributed by atoms with van der Waals surface area (Å²) in [6.07, 6.45) is 10.3. The van der Waals surface area contributed by atoms with Crippen molar-refractivity contribution in [1.82, 2.24) is 0 Å². The molecular formula is C79H68N2. The van der Waals surface area contributed by atoms with Crippen molar-refractivity contribution in [2.45, 2.75) is 83.0 Å². The molecule has 81 heavy (non-hydrogen) atoms. The Morgan fingerprint density at radius 3 is 1.35 bits per heavy atom. The van der Waals surface area contributed by atoms with E-state index in [1.165, 1.54) is 155 Å². The maximum atomic E-state index is 2.58. The van der Waals surface area contributed by atoms with Crippen LogP contribution in [-0.2, 0) is 31.1 Å². The number of fused-ring (bicyclic) bond motifs is 3. The van der Waals surface area contributed by atoms with Crippen molar-refractivity contribution in [3.05, 3.63) is 300 Å². The molecule has 4 bridgehead atoms. The van der Waals surface area contributed by atoms with Gasteiger partial charge in [0.05, 0.1) is 0 Å². The van der Waals surface area contributed by atoms with E-state index in [-0.39, 0.29) is 5.41 Å². The van der Waals surface area contributed by atoms with E-state index in [0.717, 1.165) is 31.4 Å². The number of aryl methyl sites for hydroxylation is 4. The summed E-state index contributed by atoms with van der Waals surface area (Å²) in [6.45, 7) is 4.83. The Bertz CT molecular complexity index is 3970. The van der Waals surface area contributed by atoms with Crippen molar-refractivity contribution in [3.8, 4) is 55.6 Å². The van der Waals surface area contributed by atoms with Crippen LogP contribution in [0.1, 0.15) is 90.8 Å². The number of anilines is 6. The van der Waals surface area contributed by atoms with Crippen LogP contribution in [0.2, 0.25) is 0 Å². The molecule has 0 radical (unpaired) electrons. The molecular weight excluding hydrogens is 977 g/mol. The molecule has 0 atom stereocenters. The molecule has 0 spiro atoms. The summed E-state index contributed by atoms with van der Waals surface area (Å²) in [4.78, 5) is 5.09. The highest BCUT2D eigenvalue weighted by atomic mass is 15.2. The first-order valence-corrected chi connectivity index (χ1v) is 29.6. The Kier molecular flexibility index (Phi) is 13.4. The molecule has 394 valence electrons. The Labute approximate surface area is 479 Å². The highest BCUT2D eigenvalue weighted by molar-refractivity contribution is 5.96. The van der Waals surface area contributed by atoms with Crippen LogP contribution in [0.4, 0.5) is 34.1 Å². The molecule has 0 aromatic heterocycles. The van der Waals surface area contributed by atoms with Gasteiger partial charge < -0.3 is 9.80 Å². The van der Waals surface area contributed by atoms with Crippen LogP contribution >= 0.6 is 0 Å². The van der Waals surface area contributed by atoms with Crippen LogP contribution in [0, 0.1) is 0 Å². The molecule has 0 amide bonds. The molecule has 0 aliphatic heterocycles. The average molecular weight is 1050 g/mol. The second kappa shape index (κ2) is 21.6. The normalized spacial score (nSPS) is 14.4. The number of para-hydroxylation sites is 1. The molecule has 6 aliphatic carbocycles. The summed E-state index contributed by atoms with van der Waals surface area (Å²) in [7, 11) is 0. The van der Waals surface area contributed by atoms with Gasteiger partial charge in [-0.05, 0) is 206 Å². The van der Waals surface area contributed by atoms with Gasteiger partial charge in [-0.3, -0.25) is 0 Å². The van der Waals surface area contributed by atoms with E-state index in [1.807, 2.05) is 0 Å². The van der Waals surface area contributed by atoms with Gasteiger partial charge >= 0.3 is 0 Å². The first kappa shape index (κ1) is 50.3. The summed E-state index contributed by atoms with van der Waals surface area (Å²) in [5, 5.41) is 0. The van der Waals surface area contributed by atoms with Gasteiger partial charge in [-0.15, -0.1) is 0 Å². The van der Waals surface area contributed by atoms with Gasteiger partial charge in [0.25, 0.3) is 0 Å². The molecule has 6 aliphatic rings. The van der Waals surface area contributed by atoms with Crippen molar-refractivity contribution in [2.24, 2.45) is 0 Å². The fourth-order valence-electron chi connectivity index (χ4n) is 13.7. The maximum Gasteiger partial charge on any atom is 0.0496 e. The van der Waals surface area contributed by atoms with E-state index < -0.39 is 0 Å². The Hall–Kier alpha value is -8.98. The summed E-state index contributed by atoms with van der Waals surface area (Å²) in [5.74, 6) is 0.671. The monoisotopic (exact) mass is 1040 g/mol. The molecule has 17 rings (SSSR count). The zero-order chi connectivity index (χ0) is 54.3.